The number of hydrogen-bond acceptors (Lipinski definition) is 0. The highest BCUT2D eigenvalue weighted by Gasteiger charge is 2.20. The summed E-state index contributed by atoms with van der Waals surface area (Å²) >= 11 is 0. The molecule has 0 bridgehead atoms. The fourth-order valence-corrected chi connectivity index (χ4v) is 0.669. The normalized spacial score (nSPS) is 36.2. The molecule has 0 aromatic rings. The summed E-state index contributed by atoms with van der Waals surface area (Å²) < 4.78 is 62.1. The van der Waals surface area contributed by atoms with Crippen LogP contribution in [0.3, 0.4) is 0 Å². The van der Waals surface area contributed by atoms with E-state index in [1.54, 1.807) is 0 Å². The number of rotatable bonds is 0. The first kappa shape index (κ1) is 9.70. The Morgan fingerprint density at radius 3 is 2.00 bits per heavy atom. The maximum absolute atomic E-state index is 12.4. The Morgan fingerprint density at radius 2 is 1.38 bits per heavy atom. The highest BCUT2D eigenvalue weighted by atomic mass is 19.2. The minimum absolute atomic E-state index is 0.487. The first-order chi connectivity index (χ1) is 6.04. The lowest BCUT2D eigenvalue weighted by atomic mass is 10.2. The molecule has 0 amide bonds. The molecule has 0 heterocycles. The Kier molecular flexibility index (Phi) is 2.65. The van der Waals surface area contributed by atoms with Gasteiger partial charge in [0.05, 0.1) is 0 Å². The van der Waals surface area contributed by atoms with Gasteiger partial charge in [-0.2, -0.15) is 0 Å². The van der Waals surface area contributed by atoms with E-state index in [2.05, 4.69) is 0 Å². The van der Waals surface area contributed by atoms with Crippen LogP contribution in [-0.2, 0) is 0 Å². The summed E-state index contributed by atoms with van der Waals surface area (Å²) in [6, 6.07) is 0. The number of allylic oxidation sites excluding steroid dienone is 8. The zero-order valence-electron chi connectivity index (χ0n) is 6.12. The lowest BCUT2D eigenvalue weighted by molar-refractivity contribution is 0.452. The van der Waals surface area contributed by atoms with Crippen molar-refractivity contribution in [2.24, 2.45) is 0 Å². The van der Waals surface area contributed by atoms with Crippen molar-refractivity contribution in [3.8, 4) is 0 Å². The fourth-order valence-electron chi connectivity index (χ4n) is 0.669. The van der Waals surface area contributed by atoms with Gasteiger partial charge in [0.1, 0.15) is 0 Å². The van der Waals surface area contributed by atoms with Crippen molar-refractivity contribution in [3.63, 3.8) is 0 Å². The molecule has 0 radical (unpaired) electrons. The monoisotopic (exact) mass is 194 g/mol. The maximum Gasteiger partial charge on any atom is 0.200 e. The summed E-state index contributed by atoms with van der Waals surface area (Å²) in [7, 11) is 0. The Hall–Kier alpha value is -1.39. The first-order valence-electron chi connectivity index (χ1n) is 3.19. The zero-order valence-corrected chi connectivity index (χ0v) is 6.12. The van der Waals surface area contributed by atoms with E-state index >= 15 is 0 Å². The van der Waals surface area contributed by atoms with Crippen molar-refractivity contribution in [2.75, 3.05) is 0 Å². The van der Waals surface area contributed by atoms with Gasteiger partial charge in [-0.05, 0) is 12.2 Å². The van der Waals surface area contributed by atoms with Crippen LogP contribution >= 0.6 is 0 Å². The van der Waals surface area contributed by atoms with E-state index in [-0.39, 0.29) is 0 Å². The SMILES string of the molecule is FC1=C(F)/C(F)=C(F)\C(F)=C/C=C\1. The van der Waals surface area contributed by atoms with Gasteiger partial charge in [-0.15, -0.1) is 0 Å². The Morgan fingerprint density at radius 1 is 0.769 bits per heavy atom. The van der Waals surface area contributed by atoms with Crippen LogP contribution in [0.5, 0.6) is 0 Å². The van der Waals surface area contributed by atoms with Gasteiger partial charge >= 0.3 is 0 Å². The molecule has 1 rings (SSSR count). The molecule has 5 heteroatoms. The Labute approximate surface area is 70.4 Å². The summed E-state index contributed by atoms with van der Waals surface area (Å²) in [6.45, 7) is 0. The smallest absolute Gasteiger partial charge is 0.200 e. The fraction of sp³-hybridized carbons (Fsp3) is 0. The minimum atomic E-state index is -2.17. The van der Waals surface area contributed by atoms with E-state index in [1.165, 1.54) is 0 Å². The summed E-state index contributed by atoms with van der Waals surface area (Å²) in [5, 5.41) is 0. The Bertz CT molecular complexity index is 346. The molecule has 0 unspecified atom stereocenters. The van der Waals surface area contributed by atoms with E-state index in [0.717, 1.165) is 6.08 Å². The molecular weight excluding hydrogens is 191 g/mol. The molecule has 1 aliphatic carbocycles. The van der Waals surface area contributed by atoms with E-state index < -0.39 is 29.1 Å². The molecule has 0 saturated heterocycles. The Balaban J connectivity index is 3.30. The second kappa shape index (κ2) is 3.55. The van der Waals surface area contributed by atoms with Crippen LogP contribution in [0.15, 0.2) is 47.4 Å². The molecule has 0 nitrogen and oxygen atoms in total. The molecule has 0 aliphatic heterocycles. The lowest BCUT2D eigenvalue weighted by Crippen LogP contribution is -1.88. The molecule has 0 spiro atoms. The van der Waals surface area contributed by atoms with Crippen molar-refractivity contribution in [2.45, 2.75) is 0 Å². The van der Waals surface area contributed by atoms with E-state index in [9.17, 15) is 22.0 Å². The largest absolute Gasteiger partial charge is 0.204 e. The molecule has 0 aromatic heterocycles. The average molecular weight is 194 g/mol. The quantitative estimate of drug-likeness (QED) is 0.515. The van der Waals surface area contributed by atoms with Crippen LogP contribution in [0, 0.1) is 0 Å². The van der Waals surface area contributed by atoms with Crippen molar-refractivity contribution in [1.29, 1.82) is 0 Å². The van der Waals surface area contributed by atoms with Crippen LogP contribution in [-0.4, -0.2) is 0 Å². The van der Waals surface area contributed by atoms with Crippen LogP contribution in [0.25, 0.3) is 0 Å². The van der Waals surface area contributed by atoms with Gasteiger partial charge < -0.3 is 0 Å². The number of hydrogen-bond donors (Lipinski definition) is 0. The van der Waals surface area contributed by atoms with Crippen LogP contribution in [0.4, 0.5) is 22.0 Å². The van der Waals surface area contributed by atoms with Gasteiger partial charge in [0, 0.05) is 0 Å². The summed E-state index contributed by atoms with van der Waals surface area (Å²) in [6.07, 6.45) is 1.71. The molecule has 0 atom stereocenters. The van der Waals surface area contributed by atoms with E-state index in [1.807, 2.05) is 0 Å². The molecule has 0 N–H and O–H groups in total. The maximum atomic E-state index is 12.4. The number of halogens is 5. The third-order valence-corrected chi connectivity index (χ3v) is 1.29. The summed E-state index contributed by atoms with van der Waals surface area (Å²) in [4.78, 5) is 0. The third kappa shape index (κ3) is 1.85. The summed E-state index contributed by atoms with van der Waals surface area (Å²) in [5.41, 5.74) is 0. The zero-order chi connectivity index (χ0) is 10.0. The first-order valence-corrected chi connectivity index (χ1v) is 3.19. The topological polar surface area (TPSA) is 0 Å². The molecular formula is C8H3F5. The van der Waals surface area contributed by atoms with Gasteiger partial charge in [-0.1, -0.05) is 6.08 Å². The lowest BCUT2D eigenvalue weighted by Gasteiger charge is -1.99. The van der Waals surface area contributed by atoms with Crippen LogP contribution in [0.1, 0.15) is 0 Å². The van der Waals surface area contributed by atoms with E-state index in [4.69, 9.17) is 0 Å². The molecule has 13 heavy (non-hydrogen) atoms. The predicted octanol–water partition coefficient (Wildman–Crippen LogP) is 3.71. The van der Waals surface area contributed by atoms with E-state index in [0.29, 0.717) is 12.2 Å². The van der Waals surface area contributed by atoms with Gasteiger partial charge in [0.25, 0.3) is 0 Å². The van der Waals surface area contributed by atoms with Gasteiger partial charge in [-0.25, -0.2) is 22.0 Å². The average Bonchev–Trinajstić information content (AvgIpc) is 2.12. The third-order valence-electron chi connectivity index (χ3n) is 1.29. The highest BCUT2D eigenvalue weighted by Crippen LogP contribution is 2.29. The minimum Gasteiger partial charge on any atom is -0.204 e. The predicted molar refractivity (Wildman–Crippen MR) is 36.8 cm³/mol. The molecule has 0 fully saturated rings. The van der Waals surface area contributed by atoms with Crippen molar-refractivity contribution in [3.05, 3.63) is 47.4 Å². The van der Waals surface area contributed by atoms with Gasteiger partial charge in [0.15, 0.2) is 23.3 Å². The second-order valence-electron chi connectivity index (χ2n) is 2.16. The molecule has 70 valence electrons. The van der Waals surface area contributed by atoms with Crippen molar-refractivity contribution < 1.29 is 22.0 Å². The van der Waals surface area contributed by atoms with Crippen LogP contribution < -0.4 is 0 Å². The second-order valence-corrected chi connectivity index (χ2v) is 2.16. The summed E-state index contributed by atoms with van der Waals surface area (Å²) in [5.74, 6) is -9.43. The van der Waals surface area contributed by atoms with Crippen LogP contribution in [0.2, 0.25) is 0 Å². The van der Waals surface area contributed by atoms with Crippen molar-refractivity contribution in [1.82, 2.24) is 0 Å². The van der Waals surface area contributed by atoms with Gasteiger partial charge in [0.2, 0.25) is 5.83 Å². The van der Waals surface area contributed by atoms with Crippen molar-refractivity contribution >= 4 is 0 Å². The highest BCUT2D eigenvalue weighted by molar-refractivity contribution is 5.39. The molecule has 0 saturated carbocycles. The van der Waals surface area contributed by atoms with Gasteiger partial charge in [-0.3, -0.25) is 0 Å². The molecule has 0 aromatic carbocycles. The molecule has 1 aliphatic rings. The standard InChI is InChI=1S/C8H3F5/c9-4-2-1-3-5(10)7(12)8(13)6(4)11/h1-3H/b2-1-,3-1?,4-2?,5-3+,6-4-,7-5?,8-6?,8-7-.